The van der Waals surface area contributed by atoms with E-state index >= 15 is 0 Å². The average molecular weight is 236 g/mol. The average Bonchev–Trinajstić information content (AvgIpc) is 2.25. The smallest absolute Gasteiger partial charge is 0.231 e. The molecule has 0 aliphatic heterocycles. The molecule has 0 saturated heterocycles. The van der Waals surface area contributed by atoms with E-state index in [9.17, 15) is 4.79 Å². The fourth-order valence-electron chi connectivity index (χ4n) is 1.72. The van der Waals surface area contributed by atoms with Gasteiger partial charge in [0.2, 0.25) is 5.91 Å². The van der Waals surface area contributed by atoms with E-state index in [-0.39, 0.29) is 12.5 Å². The summed E-state index contributed by atoms with van der Waals surface area (Å²) >= 11 is 0. The lowest BCUT2D eigenvalue weighted by atomic mass is 10.1. The molecule has 0 heterocycles. The molecule has 0 atom stereocenters. The zero-order valence-electron chi connectivity index (χ0n) is 10.5. The van der Waals surface area contributed by atoms with Gasteiger partial charge in [-0.1, -0.05) is 29.8 Å². The molecule has 4 nitrogen and oxygen atoms in total. The molecule has 0 spiro atoms. The van der Waals surface area contributed by atoms with Crippen molar-refractivity contribution in [1.29, 1.82) is 0 Å². The monoisotopic (exact) mass is 236 g/mol. The maximum Gasteiger partial charge on any atom is 0.231 e. The summed E-state index contributed by atoms with van der Waals surface area (Å²) in [6, 6.07) is 8.23. The van der Waals surface area contributed by atoms with Gasteiger partial charge in [-0.15, -0.1) is 0 Å². The lowest BCUT2D eigenvalue weighted by Gasteiger charge is -2.20. The Labute approximate surface area is 102 Å². The highest BCUT2D eigenvalue weighted by molar-refractivity contribution is 5.75. The highest BCUT2D eigenvalue weighted by Gasteiger charge is 2.08. The Hall–Kier alpha value is -1.39. The van der Waals surface area contributed by atoms with E-state index in [1.807, 2.05) is 17.0 Å². The molecule has 0 radical (unpaired) electrons. The number of rotatable bonds is 7. The van der Waals surface area contributed by atoms with Crippen molar-refractivity contribution in [3.8, 4) is 0 Å². The minimum Gasteiger partial charge on any atom is -0.383 e. The van der Waals surface area contributed by atoms with Gasteiger partial charge in [-0.2, -0.15) is 0 Å². The van der Waals surface area contributed by atoms with Crippen molar-refractivity contribution < 1.29 is 9.53 Å². The molecule has 1 aromatic rings. The van der Waals surface area contributed by atoms with Crippen LogP contribution in [0.15, 0.2) is 24.3 Å². The molecule has 0 aromatic heterocycles. The number of carbonyl (C=O) groups excluding carboxylic acids is 1. The second-order valence-electron chi connectivity index (χ2n) is 4.16. The fourth-order valence-corrected chi connectivity index (χ4v) is 1.72. The Kier molecular flexibility index (Phi) is 5.66. The van der Waals surface area contributed by atoms with Gasteiger partial charge in [-0.25, -0.2) is 0 Å². The number of nitrogens with two attached hydrogens (primary N) is 1. The molecular weight excluding hydrogens is 216 g/mol. The first-order valence-electron chi connectivity index (χ1n) is 5.67. The van der Waals surface area contributed by atoms with Crippen LogP contribution in [0.25, 0.3) is 0 Å². The largest absolute Gasteiger partial charge is 0.383 e. The van der Waals surface area contributed by atoms with E-state index in [0.29, 0.717) is 19.7 Å². The van der Waals surface area contributed by atoms with Gasteiger partial charge in [0.1, 0.15) is 0 Å². The fraction of sp³-hybridized carbons (Fsp3) is 0.462. The summed E-state index contributed by atoms with van der Waals surface area (Å²) in [5.74, 6) is -0.311. The molecule has 0 bridgehead atoms. The molecule has 1 aromatic carbocycles. The Morgan fingerprint density at radius 1 is 1.47 bits per heavy atom. The van der Waals surface area contributed by atoms with Gasteiger partial charge in [-0.3, -0.25) is 9.69 Å². The van der Waals surface area contributed by atoms with Gasteiger partial charge in [0.25, 0.3) is 0 Å². The zero-order chi connectivity index (χ0) is 12.7. The van der Waals surface area contributed by atoms with Crippen molar-refractivity contribution in [3.63, 3.8) is 0 Å². The van der Waals surface area contributed by atoms with Crippen LogP contribution < -0.4 is 5.73 Å². The van der Waals surface area contributed by atoms with E-state index < -0.39 is 0 Å². The van der Waals surface area contributed by atoms with Gasteiger partial charge in [0.15, 0.2) is 0 Å². The molecule has 0 fully saturated rings. The number of nitrogens with zero attached hydrogens (tertiary/aromatic N) is 1. The summed E-state index contributed by atoms with van der Waals surface area (Å²) in [4.78, 5) is 13.0. The normalized spacial score (nSPS) is 10.8. The van der Waals surface area contributed by atoms with E-state index in [2.05, 4.69) is 19.1 Å². The van der Waals surface area contributed by atoms with Crippen LogP contribution in [-0.4, -0.2) is 37.6 Å². The van der Waals surface area contributed by atoms with Crippen LogP contribution in [0, 0.1) is 6.92 Å². The zero-order valence-corrected chi connectivity index (χ0v) is 10.5. The summed E-state index contributed by atoms with van der Waals surface area (Å²) < 4.78 is 5.02. The van der Waals surface area contributed by atoms with Crippen molar-refractivity contribution in [1.82, 2.24) is 4.90 Å². The number of carbonyl (C=O) groups is 1. The van der Waals surface area contributed by atoms with Crippen molar-refractivity contribution in [2.75, 3.05) is 26.8 Å². The maximum absolute atomic E-state index is 11.0. The molecule has 94 valence electrons. The van der Waals surface area contributed by atoms with Crippen LogP contribution in [0.3, 0.4) is 0 Å². The van der Waals surface area contributed by atoms with Crippen LogP contribution >= 0.6 is 0 Å². The maximum atomic E-state index is 11.0. The number of hydrogen-bond donors (Lipinski definition) is 1. The number of primary amides is 1. The summed E-state index contributed by atoms with van der Waals surface area (Å²) in [7, 11) is 1.65. The molecular formula is C13H20N2O2. The Balaban J connectivity index is 2.61. The van der Waals surface area contributed by atoms with E-state index in [1.54, 1.807) is 7.11 Å². The molecule has 0 aliphatic carbocycles. The quantitative estimate of drug-likeness (QED) is 0.766. The van der Waals surface area contributed by atoms with Gasteiger partial charge in [-0.05, 0) is 12.5 Å². The van der Waals surface area contributed by atoms with Crippen LogP contribution in [0.1, 0.15) is 11.1 Å². The minimum atomic E-state index is -0.311. The standard InChI is InChI=1S/C13H20N2O2/c1-11-4-3-5-12(8-11)9-15(6-7-17-2)10-13(14)16/h3-5,8H,6-7,9-10H2,1-2H3,(H2,14,16). The first-order chi connectivity index (χ1) is 8.11. The number of aryl methyl sites for hydroxylation is 1. The first-order valence-corrected chi connectivity index (χ1v) is 5.67. The molecule has 17 heavy (non-hydrogen) atoms. The van der Waals surface area contributed by atoms with Gasteiger partial charge < -0.3 is 10.5 Å². The number of hydrogen-bond acceptors (Lipinski definition) is 3. The van der Waals surface area contributed by atoms with Gasteiger partial charge in [0.05, 0.1) is 13.2 Å². The third-order valence-corrected chi connectivity index (χ3v) is 2.48. The van der Waals surface area contributed by atoms with Crippen molar-refractivity contribution in [3.05, 3.63) is 35.4 Å². The SMILES string of the molecule is COCCN(CC(N)=O)Cc1cccc(C)c1. The van der Waals surface area contributed by atoms with E-state index in [1.165, 1.54) is 11.1 Å². The summed E-state index contributed by atoms with van der Waals surface area (Å²) in [5, 5.41) is 0. The first kappa shape index (κ1) is 13.7. The lowest BCUT2D eigenvalue weighted by molar-refractivity contribution is -0.119. The molecule has 4 heteroatoms. The Morgan fingerprint density at radius 2 is 2.24 bits per heavy atom. The van der Waals surface area contributed by atoms with Crippen molar-refractivity contribution in [2.24, 2.45) is 5.73 Å². The van der Waals surface area contributed by atoms with Crippen LogP contribution in [-0.2, 0) is 16.1 Å². The number of ether oxygens (including phenoxy) is 1. The Morgan fingerprint density at radius 3 is 2.82 bits per heavy atom. The van der Waals surface area contributed by atoms with Crippen molar-refractivity contribution in [2.45, 2.75) is 13.5 Å². The third-order valence-electron chi connectivity index (χ3n) is 2.48. The summed E-state index contributed by atoms with van der Waals surface area (Å²) in [6.07, 6.45) is 0. The molecule has 1 amide bonds. The van der Waals surface area contributed by atoms with Gasteiger partial charge in [0, 0.05) is 20.2 Å². The molecule has 0 saturated carbocycles. The number of amides is 1. The summed E-state index contributed by atoms with van der Waals surface area (Å²) in [6.45, 7) is 4.33. The predicted octanol–water partition coefficient (Wildman–Crippen LogP) is 0.929. The molecule has 1 rings (SSSR count). The second kappa shape index (κ2) is 7.04. The minimum absolute atomic E-state index is 0.261. The van der Waals surface area contributed by atoms with E-state index in [4.69, 9.17) is 10.5 Å². The number of methoxy groups -OCH3 is 1. The van der Waals surface area contributed by atoms with Crippen LogP contribution in [0.2, 0.25) is 0 Å². The summed E-state index contributed by atoms with van der Waals surface area (Å²) in [5.41, 5.74) is 7.63. The van der Waals surface area contributed by atoms with Crippen LogP contribution in [0.4, 0.5) is 0 Å². The molecule has 2 N–H and O–H groups in total. The molecule has 0 unspecified atom stereocenters. The predicted molar refractivity (Wildman–Crippen MR) is 67.5 cm³/mol. The lowest BCUT2D eigenvalue weighted by Crippen LogP contribution is -2.35. The molecule has 0 aliphatic rings. The number of benzene rings is 1. The third kappa shape index (κ3) is 5.47. The highest BCUT2D eigenvalue weighted by atomic mass is 16.5. The Bertz CT molecular complexity index is 366. The van der Waals surface area contributed by atoms with Crippen molar-refractivity contribution >= 4 is 5.91 Å². The topological polar surface area (TPSA) is 55.6 Å². The highest BCUT2D eigenvalue weighted by Crippen LogP contribution is 2.07. The van der Waals surface area contributed by atoms with E-state index in [0.717, 1.165) is 0 Å². The van der Waals surface area contributed by atoms with Crippen LogP contribution in [0.5, 0.6) is 0 Å². The second-order valence-corrected chi connectivity index (χ2v) is 4.16. The van der Waals surface area contributed by atoms with Gasteiger partial charge >= 0.3 is 0 Å².